The van der Waals surface area contributed by atoms with Gasteiger partial charge in [0.05, 0.1) is 5.71 Å². The van der Waals surface area contributed by atoms with E-state index in [0.717, 1.165) is 46.7 Å². The van der Waals surface area contributed by atoms with Gasteiger partial charge in [0.25, 0.3) is 11.8 Å². The molecule has 0 aliphatic heterocycles. The van der Waals surface area contributed by atoms with Crippen molar-refractivity contribution in [2.24, 2.45) is 5.10 Å². The standard InChI is InChI=1S/C24H23N3O3/c1-15-9-6-7-12-18(15)25-24(29)22-16(2)21-19(13-8-14-20(21)30-22)26-27-23(28)17-10-4-3-5-11-17/h3-7,9-12H,8,13-14H2,1-2H3,(H,25,29)(H,27,28)/b26-19+. The monoisotopic (exact) mass is 401 g/mol. The number of carbonyl (C=O) groups excluding carboxylic acids is 2. The van der Waals surface area contributed by atoms with E-state index in [1.807, 2.05) is 44.2 Å². The number of hydrogen-bond acceptors (Lipinski definition) is 4. The first-order valence-corrected chi connectivity index (χ1v) is 9.96. The molecule has 152 valence electrons. The smallest absolute Gasteiger partial charge is 0.291 e. The van der Waals surface area contributed by atoms with Crippen LogP contribution in [0.15, 0.2) is 64.1 Å². The highest BCUT2D eigenvalue weighted by atomic mass is 16.4. The lowest BCUT2D eigenvalue weighted by atomic mass is 9.93. The number of hydrazone groups is 1. The molecule has 30 heavy (non-hydrogen) atoms. The zero-order valence-corrected chi connectivity index (χ0v) is 17.0. The first-order chi connectivity index (χ1) is 14.5. The number of nitrogens with one attached hydrogen (secondary N) is 2. The molecule has 6 heteroatoms. The molecule has 2 aromatic carbocycles. The maximum absolute atomic E-state index is 12.8. The molecular formula is C24H23N3O3. The molecule has 4 rings (SSSR count). The third-order valence-electron chi connectivity index (χ3n) is 5.25. The van der Waals surface area contributed by atoms with Crippen molar-refractivity contribution in [2.45, 2.75) is 33.1 Å². The van der Waals surface area contributed by atoms with E-state index in [1.54, 1.807) is 24.3 Å². The molecule has 2 amide bonds. The SMILES string of the molecule is Cc1ccccc1NC(=O)c1oc2c(c1C)/C(=N/NC(=O)c1ccccc1)CCC2. The number of anilines is 1. The molecule has 0 atom stereocenters. The molecule has 1 heterocycles. The van der Waals surface area contributed by atoms with Crippen LogP contribution in [0.4, 0.5) is 5.69 Å². The van der Waals surface area contributed by atoms with E-state index >= 15 is 0 Å². The molecule has 0 spiro atoms. The number of furan rings is 1. The van der Waals surface area contributed by atoms with Gasteiger partial charge in [-0.15, -0.1) is 0 Å². The second-order valence-corrected chi connectivity index (χ2v) is 7.34. The van der Waals surface area contributed by atoms with Crippen LogP contribution in [0.5, 0.6) is 0 Å². The predicted molar refractivity (Wildman–Crippen MR) is 116 cm³/mol. The van der Waals surface area contributed by atoms with Gasteiger partial charge in [0.1, 0.15) is 5.76 Å². The van der Waals surface area contributed by atoms with Gasteiger partial charge in [0.2, 0.25) is 0 Å². The van der Waals surface area contributed by atoms with Crippen LogP contribution in [-0.4, -0.2) is 17.5 Å². The van der Waals surface area contributed by atoms with E-state index < -0.39 is 0 Å². The minimum absolute atomic E-state index is 0.270. The lowest BCUT2D eigenvalue weighted by molar-refractivity contribution is 0.0953. The maximum atomic E-state index is 12.8. The molecule has 0 saturated carbocycles. The quantitative estimate of drug-likeness (QED) is 0.626. The normalized spacial score (nSPS) is 14.3. The summed E-state index contributed by atoms with van der Waals surface area (Å²) >= 11 is 0. The van der Waals surface area contributed by atoms with Crippen molar-refractivity contribution in [1.29, 1.82) is 0 Å². The molecule has 1 aromatic heterocycles. The van der Waals surface area contributed by atoms with E-state index in [0.29, 0.717) is 12.0 Å². The summed E-state index contributed by atoms with van der Waals surface area (Å²) in [5.41, 5.74) is 7.19. The molecule has 1 aliphatic rings. The van der Waals surface area contributed by atoms with Gasteiger partial charge < -0.3 is 9.73 Å². The minimum atomic E-state index is -0.288. The maximum Gasteiger partial charge on any atom is 0.291 e. The summed E-state index contributed by atoms with van der Waals surface area (Å²) in [5, 5.41) is 7.28. The second-order valence-electron chi connectivity index (χ2n) is 7.34. The Morgan fingerprint density at radius 2 is 1.67 bits per heavy atom. The zero-order valence-electron chi connectivity index (χ0n) is 17.0. The van der Waals surface area contributed by atoms with Gasteiger partial charge in [-0.2, -0.15) is 5.10 Å². The fourth-order valence-electron chi connectivity index (χ4n) is 3.66. The van der Waals surface area contributed by atoms with E-state index in [2.05, 4.69) is 15.8 Å². The third-order valence-corrected chi connectivity index (χ3v) is 5.25. The summed E-state index contributed by atoms with van der Waals surface area (Å²) < 4.78 is 5.93. The molecule has 0 radical (unpaired) electrons. The molecule has 2 N–H and O–H groups in total. The average molecular weight is 401 g/mol. The number of nitrogens with zero attached hydrogens (tertiary/aromatic N) is 1. The zero-order chi connectivity index (χ0) is 21.1. The molecule has 0 unspecified atom stereocenters. The van der Waals surface area contributed by atoms with Crippen molar-refractivity contribution in [2.75, 3.05) is 5.32 Å². The Labute approximate surface area is 175 Å². The van der Waals surface area contributed by atoms with Crippen LogP contribution < -0.4 is 10.7 Å². The Kier molecular flexibility index (Phi) is 5.48. The van der Waals surface area contributed by atoms with E-state index in [-0.39, 0.29) is 17.6 Å². The van der Waals surface area contributed by atoms with Crippen LogP contribution in [0.3, 0.4) is 0 Å². The first-order valence-electron chi connectivity index (χ1n) is 9.96. The first kappa shape index (κ1) is 19.6. The van der Waals surface area contributed by atoms with Gasteiger partial charge in [-0.3, -0.25) is 9.59 Å². The molecule has 0 saturated heterocycles. The summed E-state index contributed by atoms with van der Waals surface area (Å²) in [7, 11) is 0. The predicted octanol–water partition coefficient (Wildman–Crippen LogP) is 4.62. The molecule has 3 aromatic rings. The lowest BCUT2D eigenvalue weighted by Crippen LogP contribution is -2.22. The highest BCUT2D eigenvalue weighted by molar-refractivity contribution is 6.09. The molecule has 0 bridgehead atoms. The number of hydrogen-bond donors (Lipinski definition) is 2. The largest absolute Gasteiger partial charge is 0.455 e. The topological polar surface area (TPSA) is 83.7 Å². The Hall–Kier alpha value is -3.67. The van der Waals surface area contributed by atoms with Crippen molar-refractivity contribution >= 4 is 23.2 Å². The Balaban J connectivity index is 1.58. The van der Waals surface area contributed by atoms with Crippen LogP contribution in [-0.2, 0) is 6.42 Å². The Morgan fingerprint density at radius 3 is 2.43 bits per heavy atom. The summed E-state index contributed by atoms with van der Waals surface area (Å²) in [4.78, 5) is 25.2. The van der Waals surface area contributed by atoms with Crippen molar-refractivity contribution in [3.63, 3.8) is 0 Å². The summed E-state index contributed by atoms with van der Waals surface area (Å²) in [6, 6.07) is 16.5. The fraction of sp³-hybridized carbons (Fsp3) is 0.208. The second kappa shape index (κ2) is 8.37. The fourth-order valence-corrected chi connectivity index (χ4v) is 3.66. The van der Waals surface area contributed by atoms with Gasteiger partial charge in [-0.1, -0.05) is 36.4 Å². The summed E-state index contributed by atoms with van der Waals surface area (Å²) in [6.45, 7) is 3.80. The average Bonchev–Trinajstić information content (AvgIpc) is 3.11. The van der Waals surface area contributed by atoms with Gasteiger partial charge in [-0.25, -0.2) is 5.43 Å². The van der Waals surface area contributed by atoms with Crippen molar-refractivity contribution in [1.82, 2.24) is 5.43 Å². The number of para-hydroxylation sites is 1. The van der Waals surface area contributed by atoms with E-state index in [1.165, 1.54) is 0 Å². The number of benzene rings is 2. The third kappa shape index (κ3) is 3.89. The molecule has 6 nitrogen and oxygen atoms in total. The summed E-state index contributed by atoms with van der Waals surface area (Å²) in [5.74, 6) is 0.464. The van der Waals surface area contributed by atoms with Crippen molar-refractivity contribution < 1.29 is 14.0 Å². The Morgan fingerprint density at radius 1 is 0.933 bits per heavy atom. The van der Waals surface area contributed by atoms with Crippen LogP contribution in [0.2, 0.25) is 0 Å². The molecule has 1 aliphatic carbocycles. The number of amides is 2. The van der Waals surface area contributed by atoms with Gasteiger partial charge in [0.15, 0.2) is 5.76 Å². The summed E-state index contributed by atoms with van der Waals surface area (Å²) in [6.07, 6.45) is 2.29. The highest BCUT2D eigenvalue weighted by Gasteiger charge is 2.28. The van der Waals surface area contributed by atoms with Crippen molar-refractivity contribution in [3.05, 3.63) is 88.4 Å². The van der Waals surface area contributed by atoms with Crippen LogP contribution >= 0.6 is 0 Å². The van der Waals surface area contributed by atoms with Gasteiger partial charge >= 0.3 is 0 Å². The number of carbonyl (C=O) groups is 2. The molecular weight excluding hydrogens is 378 g/mol. The lowest BCUT2D eigenvalue weighted by Gasteiger charge is -2.13. The number of aryl methyl sites for hydroxylation is 2. The van der Waals surface area contributed by atoms with Gasteiger partial charge in [0, 0.05) is 28.8 Å². The Bertz CT molecular complexity index is 1130. The minimum Gasteiger partial charge on any atom is -0.455 e. The van der Waals surface area contributed by atoms with E-state index in [4.69, 9.17) is 4.42 Å². The van der Waals surface area contributed by atoms with Crippen LogP contribution in [0, 0.1) is 13.8 Å². The highest BCUT2D eigenvalue weighted by Crippen LogP contribution is 2.30. The molecule has 0 fully saturated rings. The van der Waals surface area contributed by atoms with Crippen LogP contribution in [0.1, 0.15) is 56.2 Å². The van der Waals surface area contributed by atoms with Crippen molar-refractivity contribution in [3.8, 4) is 0 Å². The van der Waals surface area contributed by atoms with E-state index in [9.17, 15) is 9.59 Å². The number of rotatable bonds is 4. The van der Waals surface area contributed by atoms with Gasteiger partial charge in [-0.05, 0) is 50.5 Å². The van der Waals surface area contributed by atoms with Crippen LogP contribution in [0.25, 0.3) is 0 Å². The number of fused-ring (bicyclic) bond motifs is 1.